The maximum Gasteiger partial charge on any atom is 0.416 e. The molecule has 3 nitrogen and oxygen atoms in total. The number of carbonyl (C=O) groups excluding carboxylic acids is 1. The number of carbonyl (C=O) groups is 1. The van der Waals surface area contributed by atoms with Crippen LogP contribution in [-0.4, -0.2) is 23.9 Å². The van der Waals surface area contributed by atoms with E-state index in [-0.39, 0.29) is 5.91 Å². The van der Waals surface area contributed by atoms with Crippen LogP contribution in [0.1, 0.15) is 60.4 Å². The molecule has 6 heteroatoms. The number of amides is 1. The van der Waals surface area contributed by atoms with E-state index in [0.29, 0.717) is 31.0 Å². The van der Waals surface area contributed by atoms with Crippen molar-refractivity contribution in [2.45, 2.75) is 58.3 Å². The summed E-state index contributed by atoms with van der Waals surface area (Å²) in [5.41, 5.74) is 3.94. The first-order valence-corrected chi connectivity index (χ1v) is 10.6. The molecule has 30 heavy (non-hydrogen) atoms. The predicted octanol–water partition coefficient (Wildman–Crippen LogP) is 5.51. The van der Waals surface area contributed by atoms with Crippen molar-refractivity contribution in [3.8, 4) is 0 Å². The van der Waals surface area contributed by atoms with Crippen LogP contribution in [-0.2, 0) is 30.5 Å². The first-order valence-electron chi connectivity index (χ1n) is 10.6. The molecule has 2 aliphatic heterocycles. The lowest BCUT2D eigenvalue weighted by molar-refractivity contribution is -0.138. The monoisotopic (exact) mass is 416 g/mol. The van der Waals surface area contributed by atoms with Crippen LogP contribution >= 0.6 is 0 Å². The van der Waals surface area contributed by atoms with E-state index in [1.165, 1.54) is 17.7 Å². The highest BCUT2D eigenvalue weighted by Crippen LogP contribution is 2.39. The van der Waals surface area contributed by atoms with E-state index in [1.807, 2.05) is 23.1 Å². The first kappa shape index (κ1) is 20.9. The standard InChI is InChI=1S/C24H27F3N2O/c1-3-18-10-12-29(16(2)30)23-8-7-17(13-20(18)23)14-28-11-9-19-5-4-6-22(21(19)15-28)24(25,26)27/h4-8,13,18H,3,9-12,14-15H2,1-2H3. The molecule has 0 bridgehead atoms. The maximum absolute atomic E-state index is 13.5. The lowest BCUT2D eigenvalue weighted by Gasteiger charge is -2.35. The minimum absolute atomic E-state index is 0.0471. The van der Waals surface area contributed by atoms with Crippen molar-refractivity contribution < 1.29 is 18.0 Å². The van der Waals surface area contributed by atoms with Gasteiger partial charge in [-0.15, -0.1) is 0 Å². The van der Waals surface area contributed by atoms with E-state index in [1.54, 1.807) is 6.92 Å². The Morgan fingerprint density at radius 1 is 1.17 bits per heavy atom. The largest absolute Gasteiger partial charge is 0.416 e. The van der Waals surface area contributed by atoms with Gasteiger partial charge in [0.05, 0.1) is 5.56 Å². The number of alkyl halides is 3. The number of halogens is 3. The van der Waals surface area contributed by atoms with Crippen LogP contribution in [0.2, 0.25) is 0 Å². The summed E-state index contributed by atoms with van der Waals surface area (Å²) in [5, 5.41) is 0. The summed E-state index contributed by atoms with van der Waals surface area (Å²) in [4.78, 5) is 15.9. The smallest absolute Gasteiger partial charge is 0.312 e. The zero-order chi connectivity index (χ0) is 21.5. The second-order valence-electron chi connectivity index (χ2n) is 8.36. The number of rotatable bonds is 3. The SMILES string of the molecule is CCC1CCN(C(C)=O)c2ccc(CN3CCc4cccc(C(F)(F)F)c4C3)cc21. The van der Waals surface area contributed by atoms with Crippen LogP contribution in [0.3, 0.4) is 0 Å². The first-order chi connectivity index (χ1) is 14.3. The third-order valence-electron chi connectivity index (χ3n) is 6.46. The van der Waals surface area contributed by atoms with E-state index in [2.05, 4.69) is 17.9 Å². The van der Waals surface area contributed by atoms with Crippen LogP contribution in [0, 0.1) is 0 Å². The van der Waals surface area contributed by atoms with Gasteiger partial charge in [0.15, 0.2) is 0 Å². The number of hydrogen-bond acceptors (Lipinski definition) is 2. The Kier molecular flexibility index (Phi) is 5.62. The van der Waals surface area contributed by atoms with Crippen LogP contribution in [0.4, 0.5) is 18.9 Å². The molecule has 1 atom stereocenters. The Hall–Kier alpha value is -2.34. The van der Waals surface area contributed by atoms with Gasteiger partial charge in [0.2, 0.25) is 5.91 Å². The molecule has 2 aromatic rings. The Morgan fingerprint density at radius 2 is 1.97 bits per heavy atom. The van der Waals surface area contributed by atoms with Gasteiger partial charge in [0.25, 0.3) is 0 Å². The Labute approximate surface area is 175 Å². The number of anilines is 1. The predicted molar refractivity (Wildman–Crippen MR) is 111 cm³/mol. The van der Waals surface area contributed by atoms with Gasteiger partial charge in [-0.1, -0.05) is 31.2 Å². The molecule has 2 aromatic carbocycles. The average Bonchev–Trinajstić information content (AvgIpc) is 2.71. The van der Waals surface area contributed by atoms with Crippen molar-refractivity contribution in [2.24, 2.45) is 0 Å². The second-order valence-corrected chi connectivity index (χ2v) is 8.36. The molecule has 0 aromatic heterocycles. The average molecular weight is 416 g/mol. The number of nitrogens with zero attached hydrogens (tertiary/aromatic N) is 2. The Bertz CT molecular complexity index is 954. The van der Waals surface area contributed by atoms with Crippen molar-refractivity contribution >= 4 is 11.6 Å². The molecule has 0 saturated heterocycles. The van der Waals surface area contributed by atoms with Gasteiger partial charge in [-0.2, -0.15) is 13.2 Å². The third kappa shape index (κ3) is 3.97. The van der Waals surface area contributed by atoms with Gasteiger partial charge >= 0.3 is 6.18 Å². The minimum atomic E-state index is -4.33. The van der Waals surface area contributed by atoms with Gasteiger partial charge < -0.3 is 4.90 Å². The van der Waals surface area contributed by atoms with Gasteiger partial charge in [0.1, 0.15) is 0 Å². The molecule has 0 N–H and O–H groups in total. The molecule has 2 heterocycles. The zero-order valence-electron chi connectivity index (χ0n) is 17.4. The van der Waals surface area contributed by atoms with E-state index in [4.69, 9.17) is 0 Å². The van der Waals surface area contributed by atoms with Crippen molar-refractivity contribution in [1.29, 1.82) is 0 Å². The van der Waals surface area contributed by atoms with E-state index in [9.17, 15) is 18.0 Å². The molecule has 160 valence electrons. The molecule has 1 unspecified atom stereocenters. The zero-order valence-corrected chi connectivity index (χ0v) is 17.4. The molecule has 0 saturated carbocycles. The lowest BCUT2D eigenvalue weighted by Crippen LogP contribution is -2.35. The summed E-state index contributed by atoms with van der Waals surface area (Å²) in [5.74, 6) is 0.459. The highest BCUT2D eigenvalue weighted by atomic mass is 19.4. The topological polar surface area (TPSA) is 23.6 Å². The quantitative estimate of drug-likeness (QED) is 0.658. The third-order valence-corrected chi connectivity index (χ3v) is 6.46. The van der Waals surface area contributed by atoms with Gasteiger partial charge in [-0.25, -0.2) is 0 Å². The molecule has 0 radical (unpaired) electrons. The molecule has 0 fully saturated rings. The summed E-state index contributed by atoms with van der Waals surface area (Å²) in [6.07, 6.45) is -1.75. The summed E-state index contributed by atoms with van der Waals surface area (Å²) in [6.45, 7) is 6.14. The summed E-state index contributed by atoms with van der Waals surface area (Å²) < 4.78 is 40.4. The summed E-state index contributed by atoms with van der Waals surface area (Å²) >= 11 is 0. The fraction of sp³-hybridized carbons (Fsp3) is 0.458. The van der Waals surface area contributed by atoms with E-state index >= 15 is 0 Å². The fourth-order valence-corrected chi connectivity index (χ4v) is 4.88. The Morgan fingerprint density at radius 3 is 2.67 bits per heavy atom. The summed E-state index contributed by atoms with van der Waals surface area (Å²) in [7, 11) is 0. The van der Waals surface area contributed by atoms with Crippen LogP contribution in [0.5, 0.6) is 0 Å². The molecule has 4 rings (SSSR count). The number of benzene rings is 2. The van der Waals surface area contributed by atoms with Gasteiger partial charge in [-0.05, 0) is 59.6 Å². The normalized spacial score (nSPS) is 19.4. The van der Waals surface area contributed by atoms with E-state index in [0.717, 1.165) is 42.7 Å². The van der Waals surface area contributed by atoms with Gasteiger partial charge in [0, 0.05) is 38.8 Å². The van der Waals surface area contributed by atoms with Crippen molar-refractivity contribution in [3.05, 3.63) is 64.2 Å². The molecular weight excluding hydrogens is 389 g/mol. The Balaban J connectivity index is 1.59. The van der Waals surface area contributed by atoms with Crippen LogP contribution in [0.25, 0.3) is 0 Å². The van der Waals surface area contributed by atoms with Crippen molar-refractivity contribution in [1.82, 2.24) is 4.90 Å². The van der Waals surface area contributed by atoms with Gasteiger partial charge in [-0.3, -0.25) is 9.69 Å². The second kappa shape index (κ2) is 8.06. The lowest BCUT2D eigenvalue weighted by atomic mass is 9.86. The number of hydrogen-bond donors (Lipinski definition) is 0. The molecule has 1 amide bonds. The highest BCUT2D eigenvalue weighted by molar-refractivity contribution is 5.93. The van der Waals surface area contributed by atoms with Crippen LogP contribution in [0.15, 0.2) is 36.4 Å². The minimum Gasteiger partial charge on any atom is -0.312 e. The van der Waals surface area contributed by atoms with E-state index < -0.39 is 11.7 Å². The molecular formula is C24H27F3N2O. The highest BCUT2D eigenvalue weighted by Gasteiger charge is 2.35. The number of fused-ring (bicyclic) bond motifs is 2. The van der Waals surface area contributed by atoms with Crippen molar-refractivity contribution in [3.63, 3.8) is 0 Å². The maximum atomic E-state index is 13.5. The van der Waals surface area contributed by atoms with Crippen LogP contribution < -0.4 is 4.90 Å². The molecule has 0 spiro atoms. The van der Waals surface area contributed by atoms with Crippen molar-refractivity contribution in [2.75, 3.05) is 18.0 Å². The summed E-state index contributed by atoms with van der Waals surface area (Å²) in [6, 6.07) is 10.7. The molecule has 2 aliphatic rings. The fourth-order valence-electron chi connectivity index (χ4n) is 4.88. The molecule has 0 aliphatic carbocycles.